The summed E-state index contributed by atoms with van der Waals surface area (Å²) in [6, 6.07) is 0. The Hall–Kier alpha value is -1.12. The lowest BCUT2D eigenvalue weighted by molar-refractivity contribution is 0.344. The van der Waals surface area contributed by atoms with Crippen LogP contribution in [0.5, 0.6) is 5.88 Å². The summed E-state index contributed by atoms with van der Waals surface area (Å²) in [4.78, 5) is 8.18. The molecule has 2 heterocycles. The molecule has 0 bridgehead atoms. The van der Waals surface area contributed by atoms with Gasteiger partial charge in [-0.25, -0.2) is 4.98 Å². The summed E-state index contributed by atoms with van der Waals surface area (Å²) in [6.07, 6.45) is 2.79. The predicted octanol–water partition coefficient (Wildman–Crippen LogP) is 0.720. The molecule has 0 aromatic carbocycles. The van der Waals surface area contributed by atoms with Crippen LogP contribution >= 0.6 is 0 Å². The first-order valence-electron chi connectivity index (χ1n) is 3.31. The van der Waals surface area contributed by atoms with E-state index in [1.165, 1.54) is 0 Å². The van der Waals surface area contributed by atoms with Gasteiger partial charge in [0.2, 0.25) is 5.88 Å². The van der Waals surface area contributed by atoms with Crippen molar-refractivity contribution in [3.05, 3.63) is 17.6 Å². The molecule has 1 aromatic rings. The lowest BCUT2D eigenvalue weighted by atomic mass is 10.3. The van der Waals surface area contributed by atoms with Crippen LogP contribution in [-0.2, 0) is 6.42 Å². The third-order valence-corrected chi connectivity index (χ3v) is 1.56. The Bertz CT molecular complexity index is 260. The van der Waals surface area contributed by atoms with Crippen molar-refractivity contribution in [2.45, 2.75) is 13.3 Å². The molecule has 0 saturated heterocycles. The highest BCUT2D eigenvalue weighted by molar-refractivity contribution is 5.26. The van der Waals surface area contributed by atoms with Crippen LogP contribution in [-0.4, -0.2) is 16.6 Å². The Morgan fingerprint density at radius 1 is 1.60 bits per heavy atom. The van der Waals surface area contributed by atoms with Crippen molar-refractivity contribution in [3.8, 4) is 5.88 Å². The van der Waals surface area contributed by atoms with Gasteiger partial charge in [0.1, 0.15) is 5.82 Å². The van der Waals surface area contributed by atoms with Crippen molar-refractivity contribution in [1.82, 2.24) is 9.97 Å². The van der Waals surface area contributed by atoms with Gasteiger partial charge in [-0.2, -0.15) is 4.98 Å². The first-order valence-corrected chi connectivity index (χ1v) is 3.31. The van der Waals surface area contributed by atoms with E-state index in [2.05, 4.69) is 9.97 Å². The first kappa shape index (κ1) is 5.65. The summed E-state index contributed by atoms with van der Waals surface area (Å²) in [5.41, 5.74) is 1.13. The van der Waals surface area contributed by atoms with Gasteiger partial charge >= 0.3 is 0 Å². The number of ether oxygens (including phenoxy) is 1. The van der Waals surface area contributed by atoms with Crippen LogP contribution in [0.4, 0.5) is 0 Å². The van der Waals surface area contributed by atoms with E-state index in [0.29, 0.717) is 0 Å². The fourth-order valence-electron chi connectivity index (χ4n) is 1.03. The molecule has 3 nitrogen and oxygen atoms in total. The molecule has 52 valence electrons. The maximum atomic E-state index is 5.23. The largest absolute Gasteiger partial charge is 0.477 e. The van der Waals surface area contributed by atoms with Crippen molar-refractivity contribution in [2.24, 2.45) is 0 Å². The highest BCUT2D eigenvalue weighted by Crippen LogP contribution is 2.20. The van der Waals surface area contributed by atoms with Crippen LogP contribution in [0.1, 0.15) is 11.4 Å². The van der Waals surface area contributed by atoms with Crippen LogP contribution in [0.3, 0.4) is 0 Å². The Morgan fingerprint density at radius 3 is 3.40 bits per heavy atom. The van der Waals surface area contributed by atoms with E-state index in [-0.39, 0.29) is 0 Å². The van der Waals surface area contributed by atoms with Gasteiger partial charge in [0, 0.05) is 18.2 Å². The standard InChI is InChI=1S/C7H8N2O/c1-5-8-4-6-2-3-10-7(6)9-5/h4H,2-3H2,1H3. The maximum absolute atomic E-state index is 5.23. The summed E-state index contributed by atoms with van der Waals surface area (Å²) < 4.78 is 5.23. The number of rotatable bonds is 0. The Labute approximate surface area is 59.1 Å². The van der Waals surface area contributed by atoms with Gasteiger partial charge in [0.05, 0.1) is 6.61 Å². The van der Waals surface area contributed by atoms with Crippen LogP contribution < -0.4 is 4.74 Å². The van der Waals surface area contributed by atoms with E-state index in [0.717, 1.165) is 30.3 Å². The van der Waals surface area contributed by atoms with Gasteiger partial charge in [-0.15, -0.1) is 0 Å². The summed E-state index contributed by atoms with van der Waals surface area (Å²) in [7, 11) is 0. The average Bonchev–Trinajstić information content (AvgIpc) is 2.33. The van der Waals surface area contributed by atoms with Crippen LogP contribution in [0.15, 0.2) is 6.20 Å². The fraction of sp³-hybridized carbons (Fsp3) is 0.429. The molecule has 0 spiro atoms. The maximum Gasteiger partial charge on any atom is 0.219 e. The van der Waals surface area contributed by atoms with Gasteiger partial charge < -0.3 is 4.74 Å². The normalized spacial score (nSPS) is 14.5. The van der Waals surface area contributed by atoms with Gasteiger partial charge in [-0.3, -0.25) is 0 Å². The lowest BCUT2D eigenvalue weighted by Crippen LogP contribution is -1.90. The van der Waals surface area contributed by atoms with E-state index < -0.39 is 0 Å². The first-order chi connectivity index (χ1) is 4.86. The molecule has 0 fully saturated rings. The smallest absolute Gasteiger partial charge is 0.219 e. The predicted molar refractivity (Wildman–Crippen MR) is 36.0 cm³/mol. The molecule has 1 aliphatic heterocycles. The molecule has 10 heavy (non-hydrogen) atoms. The average molecular weight is 136 g/mol. The molecule has 0 unspecified atom stereocenters. The van der Waals surface area contributed by atoms with Crippen molar-refractivity contribution in [1.29, 1.82) is 0 Å². The minimum Gasteiger partial charge on any atom is -0.477 e. The SMILES string of the molecule is Cc1ncc2c(n1)OCC2. The summed E-state index contributed by atoms with van der Waals surface area (Å²) in [6.45, 7) is 2.62. The summed E-state index contributed by atoms with van der Waals surface area (Å²) >= 11 is 0. The zero-order valence-electron chi connectivity index (χ0n) is 5.79. The van der Waals surface area contributed by atoms with E-state index in [4.69, 9.17) is 4.74 Å². The molecule has 0 saturated carbocycles. The van der Waals surface area contributed by atoms with E-state index in [1.54, 1.807) is 0 Å². The monoisotopic (exact) mass is 136 g/mol. The van der Waals surface area contributed by atoms with Crippen molar-refractivity contribution in [3.63, 3.8) is 0 Å². The minimum atomic E-state index is 0.757. The van der Waals surface area contributed by atoms with E-state index >= 15 is 0 Å². The zero-order chi connectivity index (χ0) is 6.97. The molecule has 0 N–H and O–H groups in total. The highest BCUT2D eigenvalue weighted by Gasteiger charge is 2.12. The zero-order valence-corrected chi connectivity index (χ0v) is 5.79. The van der Waals surface area contributed by atoms with Crippen LogP contribution in [0.2, 0.25) is 0 Å². The number of aryl methyl sites for hydroxylation is 1. The van der Waals surface area contributed by atoms with Crippen molar-refractivity contribution in [2.75, 3.05) is 6.61 Å². The second-order valence-electron chi connectivity index (χ2n) is 2.35. The third-order valence-electron chi connectivity index (χ3n) is 1.56. The molecule has 1 aliphatic rings. The lowest BCUT2D eigenvalue weighted by Gasteiger charge is -1.95. The van der Waals surface area contributed by atoms with Gasteiger partial charge in [-0.05, 0) is 6.92 Å². The number of hydrogen-bond donors (Lipinski definition) is 0. The summed E-state index contributed by atoms with van der Waals surface area (Å²) in [5, 5.41) is 0. The molecule has 1 aromatic heterocycles. The van der Waals surface area contributed by atoms with E-state index in [9.17, 15) is 0 Å². The molecule has 3 heteroatoms. The second-order valence-corrected chi connectivity index (χ2v) is 2.35. The topological polar surface area (TPSA) is 35.0 Å². The Balaban J connectivity index is 2.52. The molecule has 0 amide bonds. The Kier molecular flexibility index (Phi) is 1.09. The van der Waals surface area contributed by atoms with Crippen molar-refractivity contribution >= 4 is 0 Å². The fourth-order valence-corrected chi connectivity index (χ4v) is 1.03. The summed E-state index contributed by atoms with van der Waals surface area (Å²) in [5.74, 6) is 1.55. The molecule has 0 aliphatic carbocycles. The Morgan fingerprint density at radius 2 is 2.50 bits per heavy atom. The molecule has 0 radical (unpaired) electrons. The third kappa shape index (κ3) is 0.744. The number of fused-ring (bicyclic) bond motifs is 1. The quantitative estimate of drug-likeness (QED) is 0.527. The molecular formula is C7H8N2O. The van der Waals surface area contributed by atoms with Gasteiger partial charge in [0.15, 0.2) is 0 Å². The van der Waals surface area contributed by atoms with Crippen LogP contribution in [0.25, 0.3) is 0 Å². The minimum absolute atomic E-state index is 0.757. The molecular weight excluding hydrogens is 128 g/mol. The molecule has 0 atom stereocenters. The van der Waals surface area contributed by atoms with Gasteiger partial charge in [0.25, 0.3) is 0 Å². The molecule has 2 rings (SSSR count). The second kappa shape index (κ2) is 1.94. The highest BCUT2D eigenvalue weighted by atomic mass is 16.5. The van der Waals surface area contributed by atoms with Crippen molar-refractivity contribution < 1.29 is 4.74 Å². The van der Waals surface area contributed by atoms with E-state index in [1.807, 2.05) is 13.1 Å². The number of nitrogens with zero attached hydrogens (tertiary/aromatic N) is 2. The van der Waals surface area contributed by atoms with Crippen LogP contribution in [0, 0.1) is 6.92 Å². The number of aromatic nitrogens is 2. The number of hydrogen-bond acceptors (Lipinski definition) is 3. The van der Waals surface area contributed by atoms with Gasteiger partial charge in [-0.1, -0.05) is 0 Å².